The minimum absolute atomic E-state index is 0.151. The van der Waals surface area contributed by atoms with Crippen LogP contribution in [0.25, 0.3) is 0 Å². The van der Waals surface area contributed by atoms with Gasteiger partial charge >= 0.3 is 0 Å². The monoisotopic (exact) mass is 445 g/mol. The van der Waals surface area contributed by atoms with Crippen LogP contribution in [0.4, 0.5) is 0 Å². The number of hydrogen-bond donors (Lipinski definition) is 3. The maximum atomic E-state index is 13.3. The van der Waals surface area contributed by atoms with Crippen LogP contribution in [0.1, 0.15) is 63.9 Å². The molecule has 32 heavy (non-hydrogen) atoms. The number of morpholine rings is 1. The summed E-state index contributed by atoms with van der Waals surface area (Å²) in [6, 6.07) is 9.36. The van der Waals surface area contributed by atoms with Gasteiger partial charge in [0.05, 0.1) is 13.2 Å². The lowest BCUT2D eigenvalue weighted by atomic mass is 9.93. The van der Waals surface area contributed by atoms with Crippen LogP contribution in [0.3, 0.4) is 0 Å². The molecule has 178 valence electrons. The van der Waals surface area contributed by atoms with E-state index in [1.165, 1.54) is 6.42 Å². The van der Waals surface area contributed by atoms with Crippen molar-refractivity contribution >= 4 is 11.8 Å². The Bertz CT molecular complexity index is 717. The molecule has 0 unspecified atom stereocenters. The van der Waals surface area contributed by atoms with Crippen LogP contribution in [0.2, 0.25) is 0 Å². The molecule has 1 aromatic carbocycles. The fourth-order valence-corrected chi connectivity index (χ4v) is 4.65. The van der Waals surface area contributed by atoms with Gasteiger partial charge in [-0.25, -0.2) is 0 Å². The van der Waals surface area contributed by atoms with Crippen molar-refractivity contribution in [3.05, 3.63) is 35.9 Å². The van der Waals surface area contributed by atoms with Crippen LogP contribution in [0.15, 0.2) is 30.3 Å². The Kier molecular flexibility index (Phi) is 9.51. The summed E-state index contributed by atoms with van der Waals surface area (Å²) < 4.78 is 5.41. The Morgan fingerprint density at radius 3 is 2.47 bits per heavy atom. The maximum absolute atomic E-state index is 13.3. The molecule has 7 heteroatoms. The average molecular weight is 446 g/mol. The second kappa shape index (κ2) is 12.3. The largest absolute Gasteiger partial charge is 0.379 e. The van der Waals surface area contributed by atoms with Gasteiger partial charge in [0.15, 0.2) is 5.72 Å². The standard InChI is InChI=1S/C25H39N3O4/c1-2-9-22(23(29)26-21-12-7-4-8-13-21)24(30)27-25(31,20-10-5-3-6-11-20)14-15-28-16-18-32-19-17-28/h3,5-6,10-11,21-22,31H,2,4,7-9,12-19H2,1H3,(H,26,29)(H,27,30)/t22-,25-/m0/s1. The molecule has 0 bridgehead atoms. The summed E-state index contributed by atoms with van der Waals surface area (Å²) >= 11 is 0. The van der Waals surface area contributed by atoms with Gasteiger partial charge in [0.1, 0.15) is 5.92 Å². The smallest absolute Gasteiger partial charge is 0.235 e. The van der Waals surface area contributed by atoms with Crippen molar-refractivity contribution in [2.24, 2.45) is 5.92 Å². The van der Waals surface area contributed by atoms with Crippen molar-refractivity contribution in [1.82, 2.24) is 15.5 Å². The highest BCUT2D eigenvalue weighted by molar-refractivity contribution is 6.00. The van der Waals surface area contributed by atoms with Crippen LogP contribution >= 0.6 is 0 Å². The van der Waals surface area contributed by atoms with Gasteiger partial charge in [-0.2, -0.15) is 0 Å². The van der Waals surface area contributed by atoms with Crippen LogP contribution < -0.4 is 10.6 Å². The molecule has 0 radical (unpaired) electrons. The van der Waals surface area contributed by atoms with Crippen molar-refractivity contribution in [1.29, 1.82) is 0 Å². The molecule has 2 amide bonds. The highest BCUT2D eigenvalue weighted by Gasteiger charge is 2.36. The third-order valence-electron chi connectivity index (χ3n) is 6.64. The van der Waals surface area contributed by atoms with E-state index in [1.807, 2.05) is 37.3 Å². The highest BCUT2D eigenvalue weighted by Crippen LogP contribution is 2.25. The lowest BCUT2D eigenvalue weighted by molar-refractivity contribution is -0.141. The molecular formula is C25H39N3O4. The van der Waals surface area contributed by atoms with Gasteiger partial charge in [-0.3, -0.25) is 14.5 Å². The number of rotatable bonds is 10. The Balaban J connectivity index is 1.70. The molecule has 7 nitrogen and oxygen atoms in total. The Hall–Kier alpha value is -1.96. The van der Waals surface area contributed by atoms with E-state index in [1.54, 1.807) is 0 Å². The summed E-state index contributed by atoms with van der Waals surface area (Å²) in [5, 5.41) is 17.5. The zero-order valence-corrected chi connectivity index (χ0v) is 19.4. The lowest BCUT2D eigenvalue weighted by Gasteiger charge is -2.35. The SMILES string of the molecule is CCC[C@@H](C(=O)NC1CCCCC1)C(=O)N[C@](O)(CCN1CCOCC1)c1ccccc1. The van der Waals surface area contributed by atoms with Crippen LogP contribution in [-0.4, -0.2) is 60.7 Å². The zero-order chi connectivity index (χ0) is 22.8. The summed E-state index contributed by atoms with van der Waals surface area (Å²) in [7, 11) is 0. The molecule has 3 N–H and O–H groups in total. The van der Waals surface area contributed by atoms with E-state index in [2.05, 4.69) is 15.5 Å². The number of nitrogens with zero attached hydrogens (tertiary/aromatic N) is 1. The van der Waals surface area contributed by atoms with E-state index < -0.39 is 17.6 Å². The van der Waals surface area contributed by atoms with Crippen molar-refractivity contribution in [3.63, 3.8) is 0 Å². The van der Waals surface area contributed by atoms with Crippen LogP contribution in [-0.2, 0) is 20.1 Å². The molecule has 1 aromatic rings. The topological polar surface area (TPSA) is 90.9 Å². The number of amides is 2. The first-order valence-electron chi connectivity index (χ1n) is 12.2. The maximum Gasteiger partial charge on any atom is 0.235 e. The minimum Gasteiger partial charge on any atom is -0.379 e. The first-order valence-corrected chi connectivity index (χ1v) is 12.2. The molecule has 1 saturated carbocycles. The summed E-state index contributed by atoms with van der Waals surface area (Å²) in [6.45, 7) is 5.56. The molecule has 2 atom stereocenters. The van der Waals surface area contributed by atoms with Crippen LogP contribution in [0, 0.1) is 5.92 Å². The van der Waals surface area contributed by atoms with Crippen LogP contribution in [0.5, 0.6) is 0 Å². The van der Waals surface area contributed by atoms with Gasteiger partial charge in [-0.1, -0.05) is 62.9 Å². The molecule has 1 aliphatic carbocycles. The number of nitrogens with one attached hydrogen (secondary N) is 2. The molecule has 3 rings (SSSR count). The number of carbonyl (C=O) groups is 2. The summed E-state index contributed by atoms with van der Waals surface area (Å²) in [6.07, 6.45) is 6.89. The van der Waals surface area contributed by atoms with E-state index in [0.29, 0.717) is 44.6 Å². The third-order valence-corrected chi connectivity index (χ3v) is 6.64. The van der Waals surface area contributed by atoms with E-state index >= 15 is 0 Å². The lowest BCUT2D eigenvalue weighted by Crippen LogP contribution is -2.53. The van der Waals surface area contributed by atoms with E-state index in [4.69, 9.17) is 4.74 Å². The predicted molar refractivity (Wildman–Crippen MR) is 124 cm³/mol. The van der Waals surface area contributed by atoms with Gasteiger partial charge in [-0.05, 0) is 19.3 Å². The molecule has 0 aromatic heterocycles. The number of ether oxygens (including phenoxy) is 1. The van der Waals surface area contributed by atoms with Gasteiger partial charge in [0.2, 0.25) is 11.8 Å². The fraction of sp³-hybridized carbons (Fsp3) is 0.680. The van der Waals surface area contributed by atoms with E-state index in [9.17, 15) is 14.7 Å². The van der Waals surface area contributed by atoms with Crippen molar-refractivity contribution < 1.29 is 19.4 Å². The fourth-order valence-electron chi connectivity index (χ4n) is 4.65. The van der Waals surface area contributed by atoms with Crippen molar-refractivity contribution in [2.45, 2.75) is 70.1 Å². The summed E-state index contributed by atoms with van der Waals surface area (Å²) in [4.78, 5) is 28.5. The molecular weight excluding hydrogens is 406 g/mol. The minimum atomic E-state index is -1.53. The third kappa shape index (κ3) is 7.02. The normalized spacial score (nSPS) is 20.8. The molecule has 2 aliphatic rings. The number of benzene rings is 1. The van der Waals surface area contributed by atoms with Gasteiger partial charge in [-0.15, -0.1) is 0 Å². The molecule has 1 heterocycles. The molecule has 1 aliphatic heterocycles. The summed E-state index contributed by atoms with van der Waals surface area (Å²) in [5.41, 5.74) is -0.905. The quantitative estimate of drug-likeness (QED) is 0.380. The summed E-state index contributed by atoms with van der Waals surface area (Å²) in [5.74, 6) is -1.44. The second-order valence-electron chi connectivity index (χ2n) is 9.10. The predicted octanol–water partition coefficient (Wildman–Crippen LogP) is 2.54. The Labute approximate surface area is 191 Å². The van der Waals surface area contributed by atoms with Gasteiger partial charge in [0.25, 0.3) is 0 Å². The van der Waals surface area contributed by atoms with Gasteiger partial charge < -0.3 is 20.5 Å². The first-order chi connectivity index (χ1) is 15.5. The first kappa shape index (κ1) is 24.7. The van der Waals surface area contributed by atoms with Crippen molar-refractivity contribution in [3.8, 4) is 0 Å². The molecule has 1 saturated heterocycles. The Morgan fingerprint density at radius 1 is 1.12 bits per heavy atom. The Morgan fingerprint density at radius 2 is 1.81 bits per heavy atom. The molecule has 0 spiro atoms. The van der Waals surface area contributed by atoms with Gasteiger partial charge in [0, 0.05) is 37.7 Å². The number of aliphatic hydroxyl groups is 1. The zero-order valence-electron chi connectivity index (χ0n) is 19.4. The number of carbonyl (C=O) groups excluding carboxylic acids is 2. The van der Waals surface area contributed by atoms with E-state index in [-0.39, 0.29) is 11.9 Å². The highest BCUT2D eigenvalue weighted by atomic mass is 16.5. The molecule has 2 fully saturated rings. The van der Waals surface area contributed by atoms with E-state index in [0.717, 1.165) is 38.8 Å². The number of hydrogen-bond acceptors (Lipinski definition) is 5. The van der Waals surface area contributed by atoms with Crippen molar-refractivity contribution in [2.75, 3.05) is 32.8 Å². The average Bonchev–Trinajstić information content (AvgIpc) is 2.83. The second-order valence-corrected chi connectivity index (χ2v) is 9.10.